The molecule has 1 N–H and O–H groups in total. The zero-order valence-corrected chi connectivity index (χ0v) is 22.7. The number of fused-ring (bicyclic) bond motifs is 3. The molecule has 3 aromatic carbocycles. The molecular weight excluding hydrogens is 510 g/mol. The number of benzene rings is 3. The van der Waals surface area contributed by atoms with Crippen LogP contribution in [0.3, 0.4) is 0 Å². The molecule has 0 atom stereocenters. The number of alkyl carbamates (subject to hydrolysis) is 1. The first-order valence-electron chi connectivity index (χ1n) is 13.3. The molecule has 40 heavy (non-hydrogen) atoms. The Bertz CT molecular complexity index is 1320. The number of likely N-dealkylation sites (N-methyl/N-ethyl adjacent to an activating group) is 1. The maximum atomic E-state index is 13.4. The van der Waals surface area contributed by atoms with Crippen molar-refractivity contribution in [1.29, 1.82) is 0 Å². The van der Waals surface area contributed by atoms with Gasteiger partial charge in [0.05, 0.1) is 7.11 Å². The van der Waals surface area contributed by atoms with E-state index in [1.807, 2.05) is 66.7 Å². The minimum Gasteiger partial charge on any atom is -0.449 e. The van der Waals surface area contributed by atoms with Crippen molar-refractivity contribution in [2.45, 2.75) is 30.9 Å². The van der Waals surface area contributed by atoms with E-state index in [1.165, 1.54) is 14.2 Å². The van der Waals surface area contributed by atoms with Crippen LogP contribution in [0.4, 0.5) is 9.59 Å². The van der Waals surface area contributed by atoms with Gasteiger partial charge in [-0.25, -0.2) is 14.7 Å². The van der Waals surface area contributed by atoms with E-state index in [2.05, 4.69) is 17.4 Å². The van der Waals surface area contributed by atoms with Crippen LogP contribution < -0.4 is 5.32 Å². The first-order valence-corrected chi connectivity index (χ1v) is 13.3. The Kier molecular flexibility index (Phi) is 8.02. The maximum absolute atomic E-state index is 13.4. The smallest absolute Gasteiger partial charge is 0.410 e. The molecule has 2 aliphatic rings. The fourth-order valence-corrected chi connectivity index (χ4v) is 5.49. The molecule has 3 aromatic rings. The number of hydrogen-bond donors (Lipinski definition) is 1. The topological polar surface area (TPSA) is 97.4 Å². The number of amides is 3. The van der Waals surface area contributed by atoms with Crippen LogP contribution in [0.15, 0.2) is 78.9 Å². The Morgan fingerprint density at radius 2 is 1.45 bits per heavy atom. The van der Waals surface area contributed by atoms with Crippen LogP contribution in [-0.2, 0) is 25.7 Å². The number of nitrogens with one attached hydrogen (secondary N) is 1. The van der Waals surface area contributed by atoms with Crippen LogP contribution >= 0.6 is 0 Å². The van der Waals surface area contributed by atoms with Crippen LogP contribution in [0.2, 0.25) is 0 Å². The zero-order valence-electron chi connectivity index (χ0n) is 22.7. The second-order valence-electron chi connectivity index (χ2n) is 10.0. The highest BCUT2D eigenvalue weighted by Gasteiger charge is 2.46. The molecule has 1 fully saturated rings. The lowest BCUT2D eigenvalue weighted by molar-refractivity contribution is -0.178. The quantitative estimate of drug-likeness (QED) is 0.434. The molecular formula is C31H33N3O6. The first kappa shape index (κ1) is 27.2. The predicted molar refractivity (Wildman–Crippen MR) is 148 cm³/mol. The van der Waals surface area contributed by atoms with Crippen LogP contribution in [0.1, 0.15) is 35.4 Å². The summed E-state index contributed by atoms with van der Waals surface area (Å²) in [7, 11) is 2.87. The molecule has 1 aliphatic carbocycles. The van der Waals surface area contributed by atoms with Gasteiger partial charge in [0.25, 0.3) is 5.91 Å². The highest BCUT2D eigenvalue weighted by atomic mass is 16.7. The zero-order chi connectivity index (χ0) is 28.1. The van der Waals surface area contributed by atoms with E-state index in [1.54, 1.807) is 4.90 Å². The summed E-state index contributed by atoms with van der Waals surface area (Å²) in [6.07, 6.45) is -0.792. The third-order valence-electron chi connectivity index (χ3n) is 7.73. The fourth-order valence-electron chi connectivity index (χ4n) is 5.49. The predicted octanol–water partition coefficient (Wildman–Crippen LogP) is 4.72. The highest BCUT2D eigenvalue weighted by Crippen LogP contribution is 2.44. The van der Waals surface area contributed by atoms with E-state index in [4.69, 9.17) is 14.3 Å². The highest BCUT2D eigenvalue weighted by molar-refractivity contribution is 5.89. The molecule has 0 radical (unpaired) electrons. The third kappa shape index (κ3) is 5.51. The number of rotatable bonds is 7. The Morgan fingerprint density at radius 3 is 2.05 bits per heavy atom. The summed E-state index contributed by atoms with van der Waals surface area (Å²) < 4.78 is 11.2. The summed E-state index contributed by atoms with van der Waals surface area (Å²) in [5.74, 6) is -0.520. The van der Waals surface area contributed by atoms with Gasteiger partial charge in [-0.3, -0.25) is 9.63 Å². The summed E-state index contributed by atoms with van der Waals surface area (Å²) in [6.45, 7) is 0.730. The molecule has 9 heteroatoms. The summed E-state index contributed by atoms with van der Waals surface area (Å²) in [5, 5.41) is 3.92. The number of likely N-dealkylation sites (tertiary alicyclic amines) is 1. The minimum atomic E-state index is -1.29. The first-order chi connectivity index (χ1) is 19.4. The van der Waals surface area contributed by atoms with Gasteiger partial charge in [0.1, 0.15) is 18.8 Å². The molecule has 1 heterocycles. The molecule has 1 saturated heterocycles. The Labute approximate surface area is 233 Å². The molecule has 9 nitrogen and oxygen atoms in total. The Balaban J connectivity index is 1.23. The van der Waals surface area contributed by atoms with Crippen LogP contribution in [-0.4, -0.2) is 67.4 Å². The number of carbonyl (C=O) groups is 3. The molecule has 208 valence electrons. The van der Waals surface area contributed by atoms with Crippen LogP contribution in [0.25, 0.3) is 11.1 Å². The van der Waals surface area contributed by atoms with Gasteiger partial charge in [-0.2, -0.15) is 0 Å². The standard InChI is InChI=1S/C31H33N3O6/c1-33(38-2)28(35)31(16-18-34(19-17-31)30(37)40-20-22-10-4-3-5-11-22)32-29(36)39-21-27-25-14-8-6-12-23(25)24-13-7-9-15-26(24)27/h3-15,27H,16-21H2,1-2H3,(H,32,36). The molecule has 0 aromatic heterocycles. The maximum Gasteiger partial charge on any atom is 0.410 e. The van der Waals surface area contributed by atoms with Gasteiger partial charge in [0, 0.05) is 26.1 Å². The van der Waals surface area contributed by atoms with Gasteiger partial charge in [-0.1, -0.05) is 78.9 Å². The SMILES string of the molecule is CON(C)C(=O)C1(NC(=O)OCC2c3ccccc3-c3ccccc32)CCN(C(=O)OCc2ccccc2)CC1. The molecule has 0 spiro atoms. The normalized spacial score (nSPS) is 15.5. The summed E-state index contributed by atoms with van der Waals surface area (Å²) in [4.78, 5) is 45.9. The number of carbonyl (C=O) groups excluding carboxylic acids is 3. The number of hydrogen-bond acceptors (Lipinski definition) is 6. The average molecular weight is 544 g/mol. The van der Waals surface area contributed by atoms with Gasteiger partial charge < -0.3 is 19.7 Å². The number of nitrogens with zero attached hydrogens (tertiary/aromatic N) is 2. The van der Waals surface area contributed by atoms with E-state index in [9.17, 15) is 14.4 Å². The van der Waals surface area contributed by atoms with Crippen molar-refractivity contribution in [3.05, 3.63) is 95.6 Å². The van der Waals surface area contributed by atoms with Crippen molar-refractivity contribution in [1.82, 2.24) is 15.3 Å². The molecule has 1 aliphatic heterocycles. The van der Waals surface area contributed by atoms with Crippen LogP contribution in [0, 0.1) is 0 Å². The van der Waals surface area contributed by atoms with E-state index in [0.29, 0.717) is 0 Å². The van der Waals surface area contributed by atoms with Gasteiger partial charge in [0.2, 0.25) is 0 Å². The molecule has 0 bridgehead atoms. The van der Waals surface area contributed by atoms with Crippen molar-refractivity contribution in [3.63, 3.8) is 0 Å². The van der Waals surface area contributed by atoms with E-state index in [0.717, 1.165) is 32.9 Å². The lowest BCUT2D eigenvalue weighted by Crippen LogP contribution is -2.63. The minimum absolute atomic E-state index is 0.104. The van der Waals surface area contributed by atoms with Gasteiger partial charge in [-0.05, 0) is 40.7 Å². The van der Waals surface area contributed by atoms with E-state index >= 15 is 0 Å². The third-order valence-corrected chi connectivity index (χ3v) is 7.73. The average Bonchev–Trinajstić information content (AvgIpc) is 3.32. The molecule has 3 amide bonds. The van der Waals surface area contributed by atoms with Crippen molar-refractivity contribution in [3.8, 4) is 11.1 Å². The number of ether oxygens (including phenoxy) is 2. The summed E-state index contributed by atoms with van der Waals surface area (Å²) in [6, 6.07) is 25.6. The van der Waals surface area contributed by atoms with E-state index < -0.39 is 23.6 Å². The van der Waals surface area contributed by atoms with Crippen molar-refractivity contribution in [2.24, 2.45) is 0 Å². The number of hydroxylamine groups is 2. The summed E-state index contributed by atoms with van der Waals surface area (Å²) >= 11 is 0. The summed E-state index contributed by atoms with van der Waals surface area (Å²) in [5.41, 5.74) is 4.06. The van der Waals surface area contributed by atoms with Crippen LogP contribution in [0.5, 0.6) is 0 Å². The Hall–Kier alpha value is -4.37. The second kappa shape index (κ2) is 11.8. The molecule has 0 saturated carbocycles. The van der Waals surface area contributed by atoms with Crippen molar-refractivity contribution < 1.29 is 28.7 Å². The largest absolute Gasteiger partial charge is 0.449 e. The van der Waals surface area contributed by atoms with Gasteiger partial charge in [0.15, 0.2) is 0 Å². The molecule has 5 rings (SSSR count). The molecule has 0 unspecified atom stereocenters. The fraction of sp³-hybridized carbons (Fsp3) is 0.323. The lowest BCUT2D eigenvalue weighted by Gasteiger charge is -2.41. The van der Waals surface area contributed by atoms with Crippen molar-refractivity contribution in [2.75, 3.05) is 33.9 Å². The van der Waals surface area contributed by atoms with E-state index in [-0.39, 0.29) is 45.1 Å². The second-order valence-corrected chi connectivity index (χ2v) is 10.0. The number of piperidine rings is 1. The van der Waals surface area contributed by atoms with Gasteiger partial charge >= 0.3 is 12.2 Å². The monoisotopic (exact) mass is 543 g/mol. The van der Waals surface area contributed by atoms with Gasteiger partial charge in [-0.15, -0.1) is 0 Å². The van der Waals surface area contributed by atoms with Crippen molar-refractivity contribution >= 4 is 18.1 Å². The Morgan fingerprint density at radius 1 is 0.875 bits per heavy atom. The lowest BCUT2D eigenvalue weighted by atomic mass is 9.86.